The first-order chi connectivity index (χ1) is 14.1. The first kappa shape index (κ1) is 18.4. The van der Waals surface area contributed by atoms with Gasteiger partial charge < -0.3 is 16.0 Å². The summed E-state index contributed by atoms with van der Waals surface area (Å²) in [5, 5.41) is 9.27. The minimum absolute atomic E-state index is 0.112. The molecule has 4 aromatic rings. The highest BCUT2D eigenvalue weighted by atomic mass is 16.2. The van der Waals surface area contributed by atoms with Crippen LogP contribution < -0.4 is 26.8 Å². The molecule has 7 heteroatoms. The smallest absolute Gasteiger partial charge is 0.253 e. The highest BCUT2D eigenvalue weighted by molar-refractivity contribution is 5.79. The molecule has 2 aromatic heterocycles. The first-order valence-electron chi connectivity index (χ1n) is 9.18. The highest BCUT2D eigenvalue weighted by Gasteiger charge is 2.22. The lowest BCUT2D eigenvalue weighted by atomic mass is 10.1. The molecule has 0 aliphatic carbocycles. The van der Waals surface area contributed by atoms with Gasteiger partial charge in [0.15, 0.2) is 0 Å². The molecule has 29 heavy (non-hydrogen) atoms. The van der Waals surface area contributed by atoms with Crippen LogP contribution in [0, 0.1) is 0 Å². The van der Waals surface area contributed by atoms with Crippen molar-refractivity contribution < 1.29 is 0 Å². The number of pyridine rings is 2. The summed E-state index contributed by atoms with van der Waals surface area (Å²) in [4.78, 5) is 32.7. The molecule has 144 valence electrons. The van der Waals surface area contributed by atoms with Crippen molar-refractivity contribution >= 4 is 28.7 Å². The van der Waals surface area contributed by atoms with Gasteiger partial charge in [0.25, 0.3) is 10.9 Å². The van der Waals surface area contributed by atoms with Crippen molar-refractivity contribution in [1.82, 2.24) is 9.97 Å². The summed E-state index contributed by atoms with van der Waals surface area (Å²) in [6.07, 6.45) is 3.29. The van der Waals surface area contributed by atoms with E-state index in [9.17, 15) is 9.59 Å². The standard InChI is InChI=1S/C22H19N5O2/c1-14(15-7-3-2-4-8-15)25-19-20(22(29)21(19)28)26-16-10-12-24-18(13-16)27-17-9-5-6-11-23-17/h2-14,25H,1H3,(H2,23,24,26,27)/t14-/m1/s1. The van der Waals surface area contributed by atoms with Gasteiger partial charge in [-0.1, -0.05) is 36.4 Å². The average Bonchev–Trinajstić information content (AvgIpc) is 2.77. The largest absolute Gasteiger partial charge is 0.373 e. The molecule has 0 fully saturated rings. The second-order valence-electron chi connectivity index (χ2n) is 6.58. The quantitative estimate of drug-likeness (QED) is 0.417. The number of nitrogens with zero attached hydrogens (tertiary/aromatic N) is 2. The zero-order chi connectivity index (χ0) is 20.2. The lowest BCUT2D eigenvalue weighted by molar-refractivity contribution is 0.880. The van der Waals surface area contributed by atoms with Gasteiger partial charge in [0.1, 0.15) is 23.0 Å². The molecule has 2 heterocycles. The van der Waals surface area contributed by atoms with Gasteiger partial charge in [-0.2, -0.15) is 0 Å². The Morgan fingerprint density at radius 3 is 2.24 bits per heavy atom. The molecule has 0 saturated carbocycles. The average molecular weight is 385 g/mol. The maximum atomic E-state index is 12.1. The predicted molar refractivity (Wildman–Crippen MR) is 115 cm³/mol. The van der Waals surface area contributed by atoms with Crippen LogP contribution in [-0.2, 0) is 0 Å². The van der Waals surface area contributed by atoms with E-state index in [4.69, 9.17) is 0 Å². The van der Waals surface area contributed by atoms with Gasteiger partial charge in [-0.05, 0) is 30.7 Å². The van der Waals surface area contributed by atoms with Gasteiger partial charge in [0, 0.05) is 30.2 Å². The number of hydrogen-bond donors (Lipinski definition) is 3. The summed E-state index contributed by atoms with van der Waals surface area (Å²) in [6.45, 7) is 1.94. The Labute approximate surface area is 167 Å². The van der Waals surface area contributed by atoms with Crippen molar-refractivity contribution in [3.63, 3.8) is 0 Å². The first-order valence-corrected chi connectivity index (χ1v) is 9.18. The van der Waals surface area contributed by atoms with Gasteiger partial charge in [-0.15, -0.1) is 0 Å². The summed E-state index contributed by atoms with van der Waals surface area (Å²) in [6, 6.07) is 18.6. The molecule has 7 nitrogen and oxygen atoms in total. The Hall–Kier alpha value is -4.00. The van der Waals surface area contributed by atoms with Crippen LogP contribution in [0.3, 0.4) is 0 Å². The second kappa shape index (κ2) is 7.93. The molecule has 0 amide bonds. The molecule has 2 aromatic carbocycles. The van der Waals surface area contributed by atoms with E-state index in [1.54, 1.807) is 24.5 Å². The van der Waals surface area contributed by atoms with Crippen molar-refractivity contribution in [2.75, 3.05) is 16.0 Å². The molecule has 0 saturated heterocycles. The fourth-order valence-electron chi connectivity index (χ4n) is 2.98. The molecular weight excluding hydrogens is 366 g/mol. The number of nitrogens with one attached hydrogen (secondary N) is 3. The molecule has 0 bridgehead atoms. The third-order valence-corrected chi connectivity index (χ3v) is 4.52. The Balaban J connectivity index is 1.52. The van der Waals surface area contributed by atoms with Crippen molar-refractivity contribution in [2.24, 2.45) is 0 Å². The zero-order valence-corrected chi connectivity index (χ0v) is 15.7. The molecule has 0 aliphatic rings. The van der Waals surface area contributed by atoms with E-state index >= 15 is 0 Å². The lowest BCUT2D eigenvalue weighted by Gasteiger charge is -2.20. The Kier molecular flexibility index (Phi) is 5.03. The summed E-state index contributed by atoms with van der Waals surface area (Å²) in [7, 11) is 0. The second-order valence-corrected chi connectivity index (χ2v) is 6.58. The lowest BCUT2D eigenvalue weighted by Crippen LogP contribution is -2.37. The molecule has 4 rings (SSSR count). The van der Waals surface area contributed by atoms with Gasteiger partial charge in [-0.25, -0.2) is 9.97 Å². The minimum atomic E-state index is -0.538. The summed E-state index contributed by atoms with van der Waals surface area (Å²) in [5.41, 5.74) is 1.16. The Morgan fingerprint density at radius 2 is 1.48 bits per heavy atom. The van der Waals surface area contributed by atoms with E-state index in [0.717, 1.165) is 5.56 Å². The molecular formula is C22H19N5O2. The van der Waals surface area contributed by atoms with Crippen LogP contribution in [0.25, 0.3) is 0 Å². The Morgan fingerprint density at radius 1 is 0.759 bits per heavy atom. The minimum Gasteiger partial charge on any atom is -0.373 e. The van der Waals surface area contributed by atoms with Crippen LogP contribution in [0.15, 0.2) is 82.6 Å². The van der Waals surface area contributed by atoms with E-state index in [0.29, 0.717) is 23.0 Å². The van der Waals surface area contributed by atoms with Crippen LogP contribution in [0.5, 0.6) is 0 Å². The third kappa shape index (κ3) is 3.98. The van der Waals surface area contributed by atoms with Crippen LogP contribution in [-0.4, -0.2) is 9.97 Å². The van der Waals surface area contributed by atoms with Gasteiger partial charge in [0.05, 0.1) is 0 Å². The molecule has 0 radical (unpaired) electrons. The number of aromatic nitrogens is 2. The van der Waals surface area contributed by atoms with Crippen molar-refractivity contribution in [3.05, 3.63) is 99.1 Å². The fraction of sp³-hybridized carbons (Fsp3) is 0.0909. The van der Waals surface area contributed by atoms with Gasteiger partial charge >= 0.3 is 0 Å². The highest BCUT2D eigenvalue weighted by Crippen LogP contribution is 2.26. The SMILES string of the molecule is C[C@@H](Nc1c(Nc2ccnc(Nc3ccccn3)c2)c(=O)c1=O)c1ccccc1. The van der Waals surface area contributed by atoms with Gasteiger partial charge in [0.2, 0.25) is 0 Å². The summed E-state index contributed by atoms with van der Waals surface area (Å²) in [5.74, 6) is 1.23. The number of anilines is 5. The predicted octanol–water partition coefficient (Wildman–Crippen LogP) is 3.73. The van der Waals surface area contributed by atoms with Crippen LogP contribution in [0.1, 0.15) is 18.5 Å². The monoisotopic (exact) mass is 385 g/mol. The van der Waals surface area contributed by atoms with E-state index in [-0.39, 0.29) is 11.7 Å². The molecule has 1 atom stereocenters. The van der Waals surface area contributed by atoms with Gasteiger partial charge in [-0.3, -0.25) is 9.59 Å². The normalized spacial score (nSPS) is 11.8. The van der Waals surface area contributed by atoms with E-state index < -0.39 is 10.9 Å². The van der Waals surface area contributed by atoms with Crippen LogP contribution in [0.4, 0.5) is 28.7 Å². The molecule has 0 unspecified atom stereocenters. The van der Waals surface area contributed by atoms with E-state index in [1.807, 2.05) is 55.5 Å². The fourth-order valence-corrected chi connectivity index (χ4v) is 2.98. The topological polar surface area (TPSA) is 96.0 Å². The van der Waals surface area contributed by atoms with Crippen molar-refractivity contribution in [2.45, 2.75) is 13.0 Å². The van der Waals surface area contributed by atoms with Crippen LogP contribution >= 0.6 is 0 Å². The molecule has 0 aliphatic heterocycles. The number of rotatable bonds is 7. The number of hydrogen-bond acceptors (Lipinski definition) is 7. The van der Waals surface area contributed by atoms with Crippen LogP contribution in [0.2, 0.25) is 0 Å². The zero-order valence-electron chi connectivity index (χ0n) is 15.7. The summed E-state index contributed by atoms with van der Waals surface area (Å²) < 4.78 is 0. The van der Waals surface area contributed by atoms with Crippen molar-refractivity contribution in [1.29, 1.82) is 0 Å². The maximum absolute atomic E-state index is 12.1. The maximum Gasteiger partial charge on any atom is 0.253 e. The van der Waals surface area contributed by atoms with E-state index in [1.165, 1.54) is 0 Å². The number of benzene rings is 1. The Bertz CT molecular complexity index is 1190. The molecule has 0 spiro atoms. The van der Waals surface area contributed by atoms with Crippen molar-refractivity contribution in [3.8, 4) is 0 Å². The third-order valence-electron chi connectivity index (χ3n) is 4.52. The molecule has 3 N–H and O–H groups in total. The summed E-state index contributed by atoms with van der Waals surface area (Å²) >= 11 is 0. The van der Waals surface area contributed by atoms with E-state index in [2.05, 4.69) is 25.9 Å².